The van der Waals surface area contributed by atoms with E-state index in [2.05, 4.69) is 4.98 Å². The summed E-state index contributed by atoms with van der Waals surface area (Å²) < 4.78 is 5.40. The molecule has 16 heavy (non-hydrogen) atoms. The van der Waals surface area contributed by atoms with Crippen molar-refractivity contribution in [2.75, 3.05) is 0 Å². The van der Waals surface area contributed by atoms with E-state index in [1.165, 1.54) is 19.3 Å². The number of hydrogen-bond donors (Lipinski definition) is 1. The molecule has 1 fully saturated rings. The highest BCUT2D eigenvalue weighted by atomic mass is 16.4. The second-order valence-corrected chi connectivity index (χ2v) is 4.32. The lowest BCUT2D eigenvalue weighted by molar-refractivity contribution is 0.0657. The zero-order chi connectivity index (χ0) is 11.5. The number of oxazole rings is 1. The van der Waals surface area contributed by atoms with Crippen LogP contribution in [0.15, 0.2) is 4.42 Å². The van der Waals surface area contributed by atoms with Crippen molar-refractivity contribution < 1.29 is 14.3 Å². The molecule has 1 aliphatic rings. The third-order valence-electron chi connectivity index (χ3n) is 3.20. The van der Waals surface area contributed by atoms with Gasteiger partial charge in [0.1, 0.15) is 0 Å². The number of aromatic nitrogens is 1. The second kappa shape index (κ2) is 4.68. The molecular formula is C12H17NO3. The molecule has 0 aliphatic heterocycles. The highest BCUT2D eigenvalue weighted by Crippen LogP contribution is 2.33. The second-order valence-electron chi connectivity index (χ2n) is 4.32. The Labute approximate surface area is 94.7 Å². The fourth-order valence-electron chi connectivity index (χ4n) is 2.30. The summed E-state index contributed by atoms with van der Waals surface area (Å²) in [6.45, 7) is 1.90. The summed E-state index contributed by atoms with van der Waals surface area (Å²) in [6, 6.07) is 0. The van der Waals surface area contributed by atoms with Crippen molar-refractivity contribution in [2.45, 2.75) is 51.4 Å². The summed E-state index contributed by atoms with van der Waals surface area (Å²) in [5.41, 5.74) is 0.577. The van der Waals surface area contributed by atoms with Gasteiger partial charge >= 0.3 is 5.97 Å². The molecule has 0 saturated heterocycles. The number of hydrogen-bond acceptors (Lipinski definition) is 3. The van der Waals surface area contributed by atoms with E-state index in [4.69, 9.17) is 9.52 Å². The fraction of sp³-hybridized carbons (Fsp3) is 0.667. The van der Waals surface area contributed by atoms with Crippen molar-refractivity contribution in [3.63, 3.8) is 0 Å². The van der Waals surface area contributed by atoms with Crippen LogP contribution in [0, 0.1) is 0 Å². The monoisotopic (exact) mass is 223 g/mol. The van der Waals surface area contributed by atoms with Gasteiger partial charge < -0.3 is 9.52 Å². The van der Waals surface area contributed by atoms with E-state index in [1.54, 1.807) is 0 Å². The Morgan fingerprint density at radius 2 is 2.12 bits per heavy atom. The van der Waals surface area contributed by atoms with Crippen molar-refractivity contribution in [1.82, 2.24) is 4.98 Å². The molecule has 1 aromatic heterocycles. The van der Waals surface area contributed by atoms with E-state index in [9.17, 15) is 4.79 Å². The van der Waals surface area contributed by atoms with Crippen molar-refractivity contribution in [1.29, 1.82) is 0 Å². The zero-order valence-corrected chi connectivity index (χ0v) is 9.53. The average molecular weight is 223 g/mol. The van der Waals surface area contributed by atoms with Crippen molar-refractivity contribution in [3.8, 4) is 0 Å². The number of carbonyl (C=O) groups is 1. The van der Waals surface area contributed by atoms with Gasteiger partial charge in [-0.05, 0) is 19.3 Å². The number of aromatic carboxylic acids is 1. The van der Waals surface area contributed by atoms with Gasteiger partial charge in [0, 0.05) is 5.92 Å². The fourth-order valence-corrected chi connectivity index (χ4v) is 2.30. The molecule has 0 spiro atoms. The molecule has 0 atom stereocenters. The van der Waals surface area contributed by atoms with Gasteiger partial charge in [0.15, 0.2) is 5.89 Å². The Morgan fingerprint density at radius 3 is 2.62 bits per heavy atom. The van der Waals surface area contributed by atoms with Gasteiger partial charge in [-0.3, -0.25) is 0 Å². The standard InChI is InChI=1S/C12H17NO3/c1-2-9-10(12(14)15)16-11(13-9)8-6-4-3-5-7-8/h8H,2-7H2,1H3,(H,14,15). The molecule has 1 aromatic rings. The van der Waals surface area contributed by atoms with Crippen LogP contribution in [0.1, 0.15) is 67.1 Å². The summed E-state index contributed by atoms with van der Waals surface area (Å²) in [6.07, 6.45) is 6.40. The molecule has 0 radical (unpaired) electrons. The summed E-state index contributed by atoms with van der Waals surface area (Å²) in [5.74, 6) is -0.0180. The first-order chi connectivity index (χ1) is 7.72. The van der Waals surface area contributed by atoms with Gasteiger partial charge in [-0.15, -0.1) is 0 Å². The first-order valence-electron chi connectivity index (χ1n) is 5.95. The number of carboxylic acid groups (broad SMARTS) is 1. The topological polar surface area (TPSA) is 63.3 Å². The normalized spacial score (nSPS) is 17.6. The number of aryl methyl sites for hydroxylation is 1. The van der Waals surface area contributed by atoms with Crippen LogP contribution in [-0.4, -0.2) is 16.1 Å². The molecule has 0 aromatic carbocycles. The van der Waals surface area contributed by atoms with Gasteiger partial charge in [-0.1, -0.05) is 26.2 Å². The molecule has 4 nitrogen and oxygen atoms in total. The number of carboxylic acids is 1. The highest BCUT2D eigenvalue weighted by molar-refractivity contribution is 5.85. The summed E-state index contributed by atoms with van der Waals surface area (Å²) in [7, 11) is 0. The molecule has 2 rings (SSSR count). The van der Waals surface area contributed by atoms with Crippen LogP contribution in [0.25, 0.3) is 0 Å². The predicted octanol–water partition coefficient (Wildman–Crippen LogP) is 2.98. The highest BCUT2D eigenvalue weighted by Gasteiger charge is 2.24. The summed E-state index contributed by atoms with van der Waals surface area (Å²) >= 11 is 0. The molecule has 88 valence electrons. The van der Waals surface area contributed by atoms with Crippen LogP contribution in [-0.2, 0) is 6.42 Å². The molecular weight excluding hydrogens is 206 g/mol. The minimum Gasteiger partial charge on any atom is -0.475 e. The first-order valence-corrected chi connectivity index (χ1v) is 5.95. The molecule has 1 saturated carbocycles. The maximum absolute atomic E-state index is 10.9. The van der Waals surface area contributed by atoms with Crippen LogP contribution >= 0.6 is 0 Å². The van der Waals surface area contributed by atoms with Gasteiger partial charge in [-0.2, -0.15) is 0 Å². The number of nitrogens with zero attached hydrogens (tertiary/aromatic N) is 1. The quantitative estimate of drug-likeness (QED) is 0.855. The minimum absolute atomic E-state index is 0.0306. The van der Waals surface area contributed by atoms with E-state index in [0.717, 1.165) is 12.8 Å². The molecule has 0 bridgehead atoms. The molecule has 1 N–H and O–H groups in total. The van der Waals surface area contributed by atoms with Gasteiger partial charge in [0.05, 0.1) is 5.69 Å². The van der Waals surface area contributed by atoms with Crippen LogP contribution in [0.4, 0.5) is 0 Å². The van der Waals surface area contributed by atoms with Gasteiger partial charge in [-0.25, -0.2) is 9.78 Å². The Balaban J connectivity index is 2.24. The third kappa shape index (κ3) is 2.10. The summed E-state index contributed by atoms with van der Waals surface area (Å²) in [5, 5.41) is 8.97. The zero-order valence-electron chi connectivity index (χ0n) is 9.53. The van der Waals surface area contributed by atoms with Crippen molar-refractivity contribution in [3.05, 3.63) is 17.3 Å². The van der Waals surface area contributed by atoms with E-state index >= 15 is 0 Å². The molecule has 0 amide bonds. The first kappa shape index (κ1) is 11.2. The molecule has 0 unspecified atom stereocenters. The molecule has 1 heterocycles. The van der Waals surface area contributed by atoms with Crippen LogP contribution in [0.5, 0.6) is 0 Å². The maximum Gasteiger partial charge on any atom is 0.373 e. The lowest BCUT2D eigenvalue weighted by Gasteiger charge is -2.17. The third-order valence-corrected chi connectivity index (χ3v) is 3.20. The minimum atomic E-state index is -1.01. The van der Waals surface area contributed by atoms with E-state index < -0.39 is 5.97 Å². The molecule has 1 aliphatic carbocycles. The van der Waals surface area contributed by atoms with Crippen LogP contribution in [0.2, 0.25) is 0 Å². The van der Waals surface area contributed by atoms with Gasteiger partial charge in [0.2, 0.25) is 5.76 Å². The Bertz CT molecular complexity index is 378. The van der Waals surface area contributed by atoms with Crippen LogP contribution < -0.4 is 0 Å². The maximum atomic E-state index is 10.9. The number of rotatable bonds is 3. The molecule has 4 heteroatoms. The van der Waals surface area contributed by atoms with E-state index in [0.29, 0.717) is 23.9 Å². The largest absolute Gasteiger partial charge is 0.475 e. The van der Waals surface area contributed by atoms with Crippen molar-refractivity contribution in [2.24, 2.45) is 0 Å². The lowest BCUT2D eigenvalue weighted by atomic mass is 9.89. The Hall–Kier alpha value is -1.32. The van der Waals surface area contributed by atoms with E-state index in [1.807, 2.05) is 6.92 Å². The summed E-state index contributed by atoms with van der Waals surface area (Å²) in [4.78, 5) is 15.3. The average Bonchev–Trinajstić information content (AvgIpc) is 2.74. The SMILES string of the molecule is CCc1nc(C2CCCCC2)oc1C(=O)O. The van der Waals surface area contributed by atoms with Crippen molar-refractivity contribution >= 4 is 5.97 Å². The van der Waals surface area contributed by atoms with Gasteiger partial charge in [0.25, 0.3) is 0 Å². The Morgan fingerprint density at radius 1 is 1.44 bits per heavy atom. The Kier molecular flexibility index (Phi) is 3.27. The predicted molar refractivity (Wildman–Crippen MR) is 58.7 cm³/mol. The smallest absolute Gasteiger partial charge is 0.373 e. The van der Waals surface area contributed by atoms with E-state index in [-0.39, 0.29) is 5.76 Å². The lowest BCUT2D eigenvalue weighted by Crippen LogP contribution is -2.04. The van der Waals surface area contributed by atoms with Crippen LogP contribution in [0.3, 0.4) is 0 Å².